The minimum absolute atomic E-state index is 0.0634. The molecule has 130 valence electrons. The highest BCUT2D eigenvalue weighted by Gasteiger charge is 2.24. The molecule has 0 radical (unpaired) electrons. The molecule has 0 fully saturated rings. The zero-order chi connectivity index (χ0) is 17.8. The Bertz CT molecular complexity index is 813. The Balaban J connectivity index is 1.81. The highest BCUT2D eigenvalue weighted by Crippen LogP contribution is 2.34. The average molecular weight is 377 g/mol. The van der Waals surface area contributed by atoms with Gasteiger partial charge in [-0.25, -0.2) is 0 Å². The van der Waals surface area contributed by atoms with Crippen molar-refractivity contribution in [1.82, 2.24) is 0 Å². The SMILES string of the molecule is COc1ccc(Cl)cc1NC(=O)CN1C(=O)CCSc2ccccc21. The first kappa shape index (κ1) is 17.6. The normalized spacial score (nSPS) is 13.8. The van der Waals surface area contributed by atoms with E-state index in [9.17, 15) is 9.59 Å². The third-order valence-corrected chi connectivity index (χ3v) is 5.07. The van der Waals surface area contributed by atoms with Crippen LogP contribution in [0.15, 0.2) is 47.4 Å². The fraction of sp³-hybridized carbons (Fsp3) is 0.222. The number of halogens is 1. The van der Waals surface area contributed by atoms with E-state index in [4.69, 9.17) is 16.3 Å². The molecule has 2 aromatic rings. The second kappa shape index (κ2) is 7.80. The number of nitrogens with one attached hydrogen (secondary N) is 1. The van der Waals surface area contributed by atoms with Gasteiger partial charge in [0.2, 0.25) is 11.8 Å². The number of anilines is 2. The minimum atomic E-state index is -0.310. The number of methoxy groups -OCH3 is 1. The van der Waals surface area contributed by atoms with Crippen LogP contribution in [0.4, 0.5) is 11.4 Å². The first-order chi connectivity index (χ1) is 12.1. The van der Waals surface area contributed by atoms with Crippen molar-refractivity contribution in [2.45, 2.75) is 11.3 Å². The number of carbonyl (C=O) groups is 2. The van der Waals surface area contributed by atoms with Crippen molar-refractivity contribution in [2.75, 3.05) is 29.6 Å². The molecule has 1 aliphatic rings. The molecule has 1 N–H and O–H groups in total. The van der Waals surface area contributed by atoms with Crippen LogP contribution >= 0.6 is 23.4 Å². The predicted octanol–water partition coefficient (Wildman–Crippen LogP) is 3.82. The molecule has 0 spiro atoms. The summed E-state index contributed by atoms with van der Waals surface area (Å²) in [5, 5.41) is 3.26. The number of hydrogen-bond acceptors (Lipinski definition) is 4. The van der Waals surface area contributed by atoms with Crippen LogP contribution in [0.5, 0.6) is 5.75 Å². The van der Waals surface area contributed by atoms with Gasteiger partial charge in [0.25, 0.3) is 0 Å². The maximum absolute atomic E-state index is 12.5. The van der Waals surface area contributed by atoms with Crippen LogP contribution in [-0.2, 0) is 9.59 Å². The molecule has 1 heterocycles. The number of fused-ring (bicyclic) bond motifs is 1. The van der Waals surface area contributed by atoms with Crippen LogP contribution in [-0.4, -0.2) is 31.2 Å². The summed E-state index contributed by atoms with van der Waals surface area (Å²) in [7, 11) is 1.52. The summed E-state index contributed by atoms with van der Waals surface area (Å²) in [6.45, 7) is -0.0634. The molecule has 2 amide bonds. The lowest BCUT2D eigenvalue weighted by atomic mass is 10.2. The molecule has 1 aliphatic heterocycles. The molecule has 0 aromatic heterocycles. The third kappa shape index (κ3) is 4.08. The minimum Gasteiger partial charge on any atom is -0.495 e. The fourth-order valence-corrected chi connectivity index (χ4v) is 3.77. The first-order valence-electron chi connectivity index (χ1n) is 7.74. The van der Waals surface area contributed by atoms with E-state index in [1.54, 1.807) is 30.0 Å². The summed E-state index contributed by atoms with van der Waals surface area (Å²) in [6.07, 6.45) is 0.396. The van der Waals surface area contributed by atoms with Gasteiger partial charge in [0.15, 0.2) is 0 Å². The first-order valence-corrected chi connectivity index (χ1v) is 9.10. The van der Waals surface area contributed by atoms with Gasteiger partial charge in [0.05, 0.1) is 18.5 Å². The lowest BCUT2D eigenvalue weighted by Gasteiger charge is -2.22. The van der Waals surface area contributed by atoms with E-state index < -0.39 is 0 Å². The zero-order valence-electron chi connectivity index (χ0n) is 13.6. The molecular formula is C18H17ClN2O3S. The van der Waals surface area contributed by atoms with Crippen molar-refractivity contribution in [1.29, 1.82) is 0 Å². The molecule has 3 rings (SSSR count). The number of ether oxygens (including phenoxy) is 1. The standard InChI is InChI=1S/C18H17ClN2O3S/c1-24-15-7-6-12(19)10-13(15)20-17(22)11-21-14-4-2-3-5-16(14)25-9-8-18(21)23/h2-7,10H,8-9,11H2,1H3,(H,20,22). The number of rotatable bonds is 4. The maximum atomic E-state index is 12.5. The number of amides is 2. The Kier molecular flexibility index (Phi) is 5.50. The lowest BCUT2D eigenvalue weighted by Crippen LogP contribution is -2.38. The van der Waals surface area contributed by atoms with Gasteiger partial charge >= 0.3 is 0 Å². The number of nitrogens with zero attached hydrogens (tertiary/aromatic N) is 1. The van der Waals surface area contributed by atoms with Gasteiger partial charge in [-0.2, -0.15) is 0 Å². The zero-order valence-corrected chi connectivity index (χ0v) is 15.2. The Hall–Kier alpha value is -2.18. The van der Waals surface area contributed by atoms with Gasteiger partial charge in [-0.1, -0.05) is 23.7 Å². The van der Waals surface area contributed by atoms with E-state index in [1.807, 2.05) is 24.3 Å². The van der Waals surface area contributed by atoms with E-state index in [1.165, 1.54) is 12.0 Å². The molecular weight excluding hydrogens is 360 g/mol. The predicted molar refractivity (Wildman–Crippen MR) is 101 cm³/mol. The highest BCUT2D eigenvalue weighted by atomic mass is 35.5. The van der Waals surface area contributed by atoms with Crippen molar-refractivity contribution < 1.29 is 14.3 Å². The third-order valence-electron chi connectivity index (χ3n) is 3.77. The number of thioether (sulfide) groups is 1. The summed E-state index contributed by atoms with van der Waals surface area (Å²) >= 11 is 7.61. The van der Waals surface area contributed by atoms with Crippen molar-refractivity contribution in [3.63, 3.8) is 0 Å². The van der Waals surface area contributed by atoms with Crippen LogP contribution < -0.4 is 15.0 Å². The van der Waals surface area contributed by atoms with Crippen molar-refractivity contribution in [3.8, 4) is 5.75 Å². The summed E-state index contributed by atoms with van der Waals surface area (Å²) in [6, 6.07) is 12.6. The van der Waals surface area contributed by atoms with Crippen LogP contribution in [0.3, 0.4) is 0 Å². The number of hydrogen-bond donors (Lipinski definition) is 1. The van der Waals surface area contributed by atoms with Crippen LogP contribution in [0.2, 0.25) is 5.02 Å². The molecule has 0 bridgehead atoms. The van der Waals surface area contributed by atoms with E-state index in [-0.39, 0.29) is 18.4 Å². The molecule has 0 aliphatic carbocycles. The molecule has 0 saturated carbocycles. The van der Waals surface area contributed by atoms with Crippen LogP contribution in [0.25, 0.3) is 0 Å². The van der Waals surface area contributed by atoms with Gasteiger partial charge in [-0.3, -0.25) is 9.59 Å². The van der Waals surface area contributed by atoms with Crippen LogP contribution in [0, 0.1) is 0 Å². The van der Waals surface area contributed by atoms with Gasteiger partial charge < -0.3 is 15.0 Å². The molecule has 7 heteroatoms. The Morgan fingerprint density at radius 3 is 2.92 bits per heavy atom. The van der Waals surface area contributed by atoms with E-state index in [0.29, 0.717) is 28.6 Å². The number of carbonyl (C=O) groups excluding carboxylic acids is 2. The Labute approximate surface area is 155 Å². The number of para-hydroxylation sites is 1. The lowest BCUT2D eigenvalue weighted by molar-refractivity contribution is -0.121. The molecule has 0 atom stereocenters. The average Bonchev–Trinajstić information content (AvgIpc) is 2.75. The smallest absolute Gasteiger partial charge is 0.244 e. The van der Waals surface area contributed by atoms with Gasteiger partial charge in [-0.05, 0) is 30.3 Å². The van der Waals surface area contributed by atoms with Gasteiger partial charge in [0.1, 0.15) is 12.3 Å². The molecule has 2 aromatic carbocycles. The summed E-state index contributed by atoms with van der Waals surface area (Å²) in [4.78, 5) is 27.5. The monoisotopic (exact) mass is 376 g/mol. The number of benzene rings is 2. The Morgan fingerprint density at radius 2 is 2.12 bits per heavy atom. The quantitative estimate of drug-likeness (QED) is 0.881. The fourth-order valence-electron chi connectivity index (χ4n) is 2.60. The topological polar surface area (TPSA) is 58.6 Å². The van der Waals surface area contributed by atoms with Crippen molar-refractivity contribution in [2.24, 2.45) is 0 Å². The van der Waals surface area contributed by atoms with Gasteiger partial charge in [0, 0.05) is 22.1 Å². The molecule has 0 unspecified atom stereocenters. The Morgan fingerprint density at radius 1 is 1.32 bits per heavy atom. The summed E-state index contributed by atoms with van der Waals surface area (Å²) < 4.78 is 5.23. The summed E-state index contributed by atoms with van der Waals surface area (Å²) in [5.74, 6) is 0.841. The van der Waals surface area contributed by atoms with Crippen molar-refractivity contribution >= 4 is 46.6 Å². The van der Waals surface area contributed by atoms with E-state index in [0.717, 1.165) is 10.6 Å². The molecule has 25 heavy (non-hydrogen) atoms. The molecule has 0 saturated heterocycles. The van der Waals surface area contributed by atoms with E-state index in [2.05, 4.69) is 5.32 Å². The summed E-state index contributed by atoms with van der Waals surface area (Å²) in [5.41, 5.74) is 1.24. The maximum Gasteiger partial charge on any atom is 0.244 e. The second-order valence-electron chi connectivity index (χ2n) is 5.44. The largest absolute Gasteiger partial charge is 0.495 e. The highest BCUT2D eigenvalue weighted by molar-refractivity contribution is 7.99. The molecule has 5 nitrogen and oxygen atoms in total. The van der Waals surface area contributed by atoms with E-state index >= 15 is 0 Å². The van der Waals surface area contributed by atoms with Gasteiger partial charge in [-0.15, -0.1) is 11.8 Å². The van der Waals surface area contributed by atoms with Crippen molar-refractivity contribution in [3.05, 3.63) is 47.5 Å². The van der Waals surface area contributed by atoms with Crippen LogP contribution in [0.1, 0.15) is 6.42 Å². The second-order valence-corrected chi connectivity index (χ2v) is 7.01.